The van der Waals surface area contributed by atoms with Crippen molar-refractivity contribution in [2.75, 3.05) is 11.9 Å². The molecule has 112 valence electrons. The number of phenolic OH excluding ortho intramolecular Hbond substituents is 1. The third kappa shape index (κ3) is 4.91. The van der Waals surface area contributed by atoms with Crippen molar-refractivity contribution in [1.82, 2.24) is 0 Å². The number of rotatable bonds is 5. The predicted octanol–water partition coefficient (Wildman–Crippen LogP) is 3.95. The van der Waals surface area contributed by atoms with Gasteiger partial charge in [-0.1, -0.05) is 24.3 Å². The Labute approximate surface area is 120 Å². The molecule has 0 radical (unpaired) electrons. The summed E-state index contributed by atoms with van der Waals surface area (Å²) in [6, 6.07) is 13.0. The van der Waals surface area contributed by atoms with Crippen LogP contribution in [0.15, 0.2) is 48.5 Å². The van der Waals surface area contributed by atoms with Gasteiger partial charge in [-0.3, -0.25) is 0 Å². The van der Waals surface area contributed by atoms with E-state index in [1.807, 2.05) is 0 Å². The SMILES string of the molecule is Oc1cccc(CNc2ccccc2OCC(F)(F)F)c1. The number of aromatic hydroxyl groups is 1. The van der Waals surface area contributed by atoms with Gasteiger partial charge in [0.1, 0.15) is 11.5 Å². The monoisotopic (exact) mass is 297 g/mol. The Morgan fingerprint density at radius 3 is 2.52 bits per heavy atom. The van der Waals surface area contributed by atoms with Gasteiger partial charge < -0.3 is 15.2 Å². The first-order valence-electron chi connectivity index (χ1n) is 6.24. The minimum Gasteiger partial charge on any atom is -0.508 e. The van der Waals surface area contributed by atoms with Gasteiger partial charge in [-0.25, -0.2) is 0 Å². The molecule has 2 rings (SSSR count). The van der Waals surface area contributed by atoms with Crippen LogP contribution in [-0.2, 0) is 6.54 Å². The van der Waals surface area contributed by atoms with Gasteiger partial charge >= 0.3 is 6.18 Å². The average molecular weight is 297 g/mol. The largest absolute Gasteiger partial charge is 0.508 e. The number of hydrogen-bond acceptors (Lipinski definition) is 3. The molecule has 0 atom stereocenters. The number of anilines is 1. The fraction of sp³-hybridized carbons (Fsp3) is 0.200. The molecule has 0 bridgehead atoms. The standard InChI is InChI=1S/C15H14F3NO2/c16-15(17,18)10-21-14-7-2-1-6-13(14)19-9-11-4-3-5-12(20)8-11/h1-8,19-20H,9-10H2. The first-order valence-corrected chi connectivity index (χ1v) is 6.24. The van der Waals surface area contributed by atoms with Crippen LogP contribution < -0.4 is 10.1 Å². The maximum Gasteiger partial charge on any atom is 0.422 e. The molecule has 0 heterocycles. The number of ether oxygens (including phenoxy) is 1. The van der Waals surface area contributed by atoms with Crippen molar-refractivity contribution in [3.63, 3.8) is 0 Å². The van der Waals surface area contributed by atoms with Crippen LogP contribution >= 0.6 is 0 Å². The zero-order valence-electron chi connectivity index (χ0n) is 11.0. The minimum atomic E-state index is -4.38. The summed E-state index contributed by atoms with van der Waals surface area (Å²) >= 11 is 0. The molecule has 0 saturated heterocycles. The van der Waals surface area contributed by atoms with Gasteiger partial charge in [0.05, 0.1) is 5.69 Å². The van der Waals surface area contributed by atoms with E-state index in [0.29, 0.717) is 12.2 Å². The molecule has 0 aliphatic heterocycles. The molecule has 6 heteroatoms. The number of benzene rings is 2. The summed E-state index contributed by atoms with van der Waals surface area (Å²) in [5.74, 6) is 0.269. The molecule has 21 heavy (non-hydrogen) atoms. The van der Waals surface area contributed by atoms with Crippen molar-refractivity contribution in [3.05, 3.63) is 54.1 Å². The topological polar surface area (TPSA) is 41.5 Å². The normalized spacial score (nSPS) is 11.2. The highest BCUT2D eigenvalue weighted by atomic mass is 19.4. The third-order valence-electron chi connectivity index (χ3n) is 2.67. The van der Waals surface area contributed by atoms with E-state index in [9.17, 15) is 18.3 Å². The fourth-order valence-corrected chi connectivity index (χ4v) is 1.76. The van der Waals surface area contributed by atoms with E-state index in [-0.39, 0.29) is 11.5 Å². The van der Waals surface area contributed by atoms with E-state index >= 15 is 0 Å². The summed E-state index contributed by atoms with van der Waals surface area (Å²) in [4.78, 5) is 0. The van der Waals surface area contributed by atoms with Crippen molar-refractivity contribution in [1.29, 1.82) is 0 Å². The van der Waals surface area contributed by atoms with Crippen LogP contribution in [0, 0.1) is 0 Å². The Morgan fingerprint density at radius 2 is 1.81 bits per heavy atom. The molecule has 0 fully saturated rings. The predicted molar refractivity (Wildman–Crippen MR) is 73.4 cm³/mol. The van der Waals surface area contributed by atoms with Crippen molar-refractivity contribution in [2.24, 2.45) is 0 Å². The van der Waals surface area contributed by atoms with E-state index in [0.717, 1.165) is 5.56 Å². The molecule has 0 unspecified atom stereocenters. The summed E-state index contributed by atoms with van der Waals surface area (Å²) < 4.78 is 41.4. The molecular formula is C15H14F3NO2. The average Bonchev–Trinajstić information content (AvgIpc) is 2.43. The lowest BCUT2D eigenvalue weighted by atomic mass is 10.2. The molecule has 0 saturated carbocycles. The van der Waals surface area contributed by atoms with Gasteiger partial charge in [0, 0.05) is 6.54 Å². The third-order valence-corrected chi connectivity index (χ3v) is 2.67. The van der Waals surface area contributed by atoms with Gasteiger partial charge in [0.15, 0.2) is 6.61 Å². The number of alkyl halides is 3. The molecule has 2 aromatic rings. The number of phenols is 1. The van der Waals surface area contributed by atoms with Gasteiger partial charge in [-0.2, -0.15) is 13.2 Å². The highest BCUT2D eigenvalue weighted by molar-refractivity contribution is 5.56. The van der Waals surface area contributed by atoms with Gasteiger partial charge in [-0.05, 0) is 29.8 Å². The number of hydrogen-bond donors (Lipinski definition) is 2. The zero-order valence-corrected chi connectivity index (χ0v) is 11.0. The lowest BCUT2D eigenvalue weighted by Crippen LogP contribution is -2.19. The van der Waals surface area contributed by atoms with E-state index < -0.39 is 12.8 Å². The first kappa shape index (κ1) is 15.0. The van der Waals surface area contributed by atoms with Crippen LogP contribution in [0.3, 0.4) is 0 Å². The molecule has 0 spiro atoms. The van der Waals surface area contributed by atoms with Crippen LogP contribution in [0.1, 0.15) is 5.56 Å². The molecule has 3 nitrogen and oxygen atoms in total. The van der Waals surface area contributed by atoms with Crippen LogP contribution in [0.5, 0.6) is 11.5 Å². The summed E-state index contributed by atoms with van der Waals surface area (Å²) in [5.41, 5.74) is 1.27. The quantitative estimate of drug-likeness (QED) is 0.878. The summed E-state index contributed by atoms with van der Waals surface area (Å²) in [7, 11) is 0. The first-order chi connectivity index (χ1) is 9.94. The number of para-hydroxylation sites is 2. The second-order valence-corrected chi connectivity index (χ2v) is 4.42. The van der Waals surface area contributed by atoms with Gasteiger partial charge in [0.25, 0.3) is 0 Å². The second-order valence-electron chi connectivity index (χ2n) is 4.42. The second kappa shape index (κ2) is 6.39. The molecule has 0 amide bonds. The highest BCUT2D eigenvalue weighted by Crippen LogP contribution is 2.27. The Morgan fingerprint density at radius 1 is 1.05 bits per heavy atom. The Bertz CT molecular complexity index is 599. The van der Waals surface area contributed by atoms with Gasteiger partial charge in [0.2, 0.25) is 0 Å². The Hall–Kier alpha value is -2.37. The Kier molecular flexibility index (Phi) is 4.57. The maximum atomic E-state index is 12.2. The number of nitrogens with one attached hydrogen (secondary N) is 1. The van der Waals surface area contributed by atoms with Crippen molar-refractivity contribution in [2.45, 2.75) is 12.7 Å². The summed E-state index contributed by atoms with van der Waals surface area (Å²) in [6.07, 6.45) is -4.38. The van der Waals surface area contributed by atoms with Crippen LogP contribution in [-0.4, -0.2) is 17.9 Å². The van der Waals surface area contributed by atoms with Crippen LogP contribution in [0.25, 0.3) is 0 Å². The van der Waals surface area contributed by atoms with Crippen molar-refractivity contribution >= 4 is 5.69 Å². The highest BCUT2D eigenvalue weighted by Gasteiger charge is 2.28. The van der Waals surface area contributed by atoms with Crippen LogP contribution in [0.2, 0.25) is 0 Å². The van der Waals surface area contributed by atoms with E-state index in [4.69, 9.17) is 4.74 Å². The zero-order chi connectivity index (χ0) is 15.3. The van der Waals surface area contributed by atoms with E-state index in [2.05, 4.69) is 5.32 Å². The minimum absolute atomic E-state index is 0.134. The van der Waals surface area contributed by atoms with Crippen molar-refractivity contribution < 1.29 is 23.0 Å². The molecule has 0 aliphatic carbocycles. The molecule has 0 aromatic heterocycles. The molecule has 2 aromatic carbocycles. The summed E-state index contributed by atoms with van der Waals surface area (Å²) in [5, 5.41) is 12.4. The molecular weight excluding hydrogens is 283 g/mol. The molecule has 0 aliphatic rings. The van der Waals surface area contributed by atoms with Crippen LogP contribution in [0.4, 0.5) is 18.9 Å². The Balaban J connectivity index is 2.03. The van der Waals surface area contributed by atoms with Crippen molar-refractivity contribution in [3.8, 4) is 11.5 Å². The summed E-state index contributed by atoms with van der Waals surface area (Å²) in [6.45, 7) is -0.974. The van der Waals surface area contributed by atoms with E-state index in [1.165, 1.54) is 6.07 Å². The maximum absolute atomic E-state index is 12.2. The lowest BCUT2D eigenvalue weighted by Gasteiger charge is -2.14. The van der Waals surface area contributed by atoms with Gasteiger partial charge in [-0.15, -0.1) is 0 Å². The molecule has 2 N–H and O–H groups in total. The lowest BCUT2D eigenvalue weighted by molar-refractivity contribution is -0.153. The fourth-order valence-electron chi connectivity index (χ4n) is 1.76. The smallest absolute Gasteiger partial charge is 0.422 e. The van der Waals surface area contributed by atoms with E-state index in [1.54, 1.807) is 42.5 Å². The number of halogens is 3.